The van der Waals surface area contributed by atoms with Gasteiger partial charge in [0.2, 0.25) is 0 Å². The Morgan fingerprint density at radius 1 is 1.18 bits per heavy atom. The number of benzene rings is 1. The van der Waals surface area contributed by atoms with Crippen LogP contribution in [0.2, 0.25) is 0 Å². The van der Waals surface area contributed by atoms with Crippen molar-refractivity contribution in [3.05, 3.63) is 42.2 Å². The molecule has 0 saturated heterocycles. The summed E-state index contributed by atoms with van der Waals surface area (Å²) in [5, 5.41) is 1.11. The Balaban J connectivity index is 2.32. The SMILES string of the molecule is Cc1ccc2cccc(-c3cnc(N)[nH]3)c2n1. The van der Waals surface area contributed by atoms with Gasteiger partial charge in [0, 0.05) is 16.6 Å². The number of nitrogens with two attached hydrogens (primary N) is 1. The molecule has 1 aromatic carbocycles. The van der Waals surface area contributed by atoms with Crippen LogP contribution in [-0.4, -0.2) is 15.0 Å². The van der Waals surface area contributed by atoms with E-state index in [1.54, 1.807) is 6.20 Å². The second-order valence-electron chi connectivity index (χ2n) is 4.01. The predicted molar refractivity (Wildman–Crippen MR) is 68.5 cm³/mol. The third-order valence-electron chi connectivity index (χ3n) is 2.75. The topological polar surface area (TPSA) is 67.6 Å². The number of hydrogen-bond acceptors (Lipinski definition) is 3. The van der Waals surface area contributed by atoms with Crippen LogP contribution in [0, 0.1) is 6.92 Å². The van der Waals surface area contributed by atoms with Crippen LogP contribution in [0.3, 0.4) is 0 Å². The number of hydrogen-bond donors (Lipinski definition) is 2. The maximum absolute atomic E-state index is 5.60. The molecule has 0 aliphatic rings. The summed E-state index contributed by atoms with van der Waals surface area (Å²) in [7, 11) is 0. The first-order valence-electron chi connectivity index (χ1n) is 5.41. The molecule has 3 aromatic rings. The summed E-state index contributed by atoms with van der Waals surface area (Å²) in [4.78, 5) is 11.6. The fourth-order valence-corrected chi connectivity index (χ4v) is 1.94. The summed E-state index contributed by atoms with van der Waals surface area (Å²) < 4.78 is 0. The van der Waals surface area contributed by atoms with E-state index < -0.39 is 0 Å². The number of aryl methyl sites for hydroxylation is 1. The highest BCUT2D eigenvalue weighted by atomic mass is 15.0. The fourth-order valence-electron chi connectivity index (χ4n) is 1.94. The standard InChI is InChI=1S/C13H12N4/c1-8-5-6-9-3-2-4-10(12(9)16-8)11-7-15-13(14)17-11/h2-7H,1H3,(H3,14,15,17). The van der Waals surface area contributed by atoms with Crippen LogP contribution in [0.1, 0.15) is 5.69 Å². The molecule has 84 valence electrons. The Bertz CT molecular complexity index is 685. The smallest absolute Gasteiger partial charge is 0.197 e. The molecule has 0 aliphatic carbocycles. The molecule has 3 N–H and O–H groups in total. The van der Waals surface area contributed by atoms with Gasteiger partial charge in [0.15, 0.2) is 5.95 Å². The fraction of sp³-hybridized carbons (Fsp3) is 0.0769. The Hall–Kier alpha value is -2.36. The van der Waals surface area contributed by atoms with Crippen molar-refractivity contribution < 1.29 is 0 Å². The average Bonchev–Trinajstić information content (AvgIpc) is 2.75. The minimum Gasteiger partial charge on any atom is -0.369 e. The van der Waals surface area contributed by atoms with Crippen LogP contribution >= 0.6 is 0 Å². The number of nitrogen functional groups attached to an aromatic ring is 1. The zero-order chi connectivity index (χ0) is 11.8. The lowest BCUT2D eigenvalue weighted by Gasteiger charge is -2.04. The number of H-pyrrole nitrogens is 1. The molecule has 3 rings (SSSR count). The first-order valence-corrected chi connectivity index (χ1v) is 5.41. The van der Waals surface area contributed by atoms with Gasteiger partial charge >= 0.3 is 0 Å². The molecule has 0 aliphatic heterocycles. The number of rotatable bonds is 1. The van der Waals surface area contributed by atoms with Crippen molar-refractivity contribution in [1.82, 2.24) is 15.0 Å². The van der Waals surface area contributed by atoms with E-state index in [0.29, 0.717) is 5.95 Å². The van der Waals surface area contributed by atoms with Crippen LogP contribution in [0.15, 0.2) is 36.5 Å². The molecular weight excluding hydrogens is 212 g/mol. The molecule has 4 heteroatoms. The molecule has 0 spiro atoms. The number of imidazole rings is 1. The number of aromatic amines is 1. The highest BCUT2D eigenvalue weighted by molar-refractivity contribution is 5.92. The van der Waals surface area contributed by atoms with Crippen molar-refractivity contribution in [3.63, 3.8) is 0 Å². The van der Waals surface area contributed by atoms with Crippen molar-refractivity contribution in [2.45, 2.75) is 6.92 Å². The quantitative estimate of drug-likeness (QED) is 0.667. The number of nitrogens with one attached hydrogen (secondary N) is 1. The number of para-hydroxylation sites is 1. The molecule has 4 nitrogen and oxygen atoms in total. The van der Waals surface area contributed by atoms with E-state index in [1.165, 1.54) is 0 Å². The van der Waals surface area contributed by atoms with Gasteiger partial charge in [-0.1, -0.05) is 24.3 Å². The Labute approximate surface area is 98.5 Å². The summed E-state index contributed by atoms with van der Waals surface area (Å²) in [6.45, 7) is 1.98. The highest BCUT2D eigenvalue weighted by Gasteiger charge is 2.07. The van der Waals surface area contributed by atoms with Crippen molar-refractivity contribution in [3.8, 4) is 11.3 Å². The molecule has 2 aromatic heterocycles. The summed E-state index contributed by atoms with van der Waals surface area (Å²) in [5.74, 6) is 0.421. The van der Waals surface area contributed by atoms with E-state index in [9.17, 15) is 0 Å². The lowest BCUT2D eigenvalue weighted by atomic mass is 10.1. The van der Waals surface area contributed by atoms with Gasteiger partial charge in [-0.15, -0.1) is 0 Å². The minimum atomic E-state index is 0.421. The van der Waals surface area contributed by atoms with Gasteiger partial charge < -0.3 is 10.7 Å². The van der Waals surface area contributed by atoms with Gasteiger partial charge in [0.25, 0.3) is 0 Å². The van der Waals surface area contributed by atoms with Gasteiger partial charge in [-0.25, -0.2) is 4.98 Å². The van der Waals surface area contributed by atoms with E-state index in [-0.39, 0.29) is 0 Å². The molecule has 17 heavy (non-hydrogen) atoms. The first-order chi connectivity index (χ1) is 8.24. The Morgan fingerprint density at radius 3 is 2.82 bits per heavy atom. The maximum atomic E-state index is 5.60. The van der Waals surface area contributed by atoms with E-state index in [4.69, 9.17) is 5.73 Å². The first kappa shape index (κ1) is 9.84. The number of nitrogens with zero attached hydrogens (tertiary/aromatic N) is 2. The third-order valence-corrected chi connectivity index (χ3v) is 2.75. The molecular formula is C13H12N4. The average molecular weight is 224 g/mol. The van der Waals surface area contributed by atoms with Gasteiger partial charge in [0.1, 0.15) is 0 Å². The van der Waals surface area contributed by atoms with Crippen LogP contribution in [0.4, 0.5) is 5.95 Å². The molecule has 0 fully saturated rings. The van der Waals surface area contributed by atoms with Crippen molar-refractivity contribution in [2.24, 2.45) is 0 Å². The van der Waals surface area contributed by atoms with Gasteiger partial charge in [-0.2, -0.15) is 0 Å². The van der Waals surface area contributed by atoms with Crippen LogP contribution in [-0.2, 0) is 0 Å². The van der Waals surface area contributed by atoms with Gasteiger partial charge in [-0.05, 0) is 13.0 Å². The lowest BCUT2D eigenvalue weighted by Crippen LogP contribution is -1.88. The summed E-state index contributed by atoms with van der Waals surface area (Å²) in [6.07, 6.45) is 1.73. The van der Waals surface area contributed by atoms with Crippen LogP contribution < -0.4 is 5.73 Å². The number of fused-ring (bicyclic) bond motifs is 1. The molecule has 0 unspecified atom stereocenters. The monoisotopic (exact) mass is 224 g/mol. The van der Waals surface area contributed by atoms with Crippen LogP contribution in [0.5, 0.6) is 0 Å². The third kappa shape index (κ3) is 1.63. The Kier molecular flexibility index (Phi) is 2.08. The van der Waals surface area contributed by atoms with Crippen molar-refractivity contribution in [1.29, 1.82) is 0 Å². The minimum absolute atomic E-state index is 0.421. The summed E-state index contributed by atoms with van der Waals surface area (Å²) >= 11 is 0. The van der Waals surface area contributed by atoms with E-state index in [2.05, 4.69) is 21.0 Å². The normalized spacial score (nSPS) is 10.9. The molecule has 0 radical (unpaired) electrons. The number of pyridine rings is 1. The van der Waals surface area contributed by atoms with Gasteiger partial charge in [0.05, 0.1) is 17.4 Å². The van der Waals surface area contributed by atoms with E-state index in [1.807, 2.05) is 31.2 Å². The highest BCUT2D eigenvalue weighted by Crippen LogP contribution is 2.26. The molecule has 0 atom stereocenters. The summed E-state index contributed by atoms with van der Waals surface area (Å²) in [6, 6.07) is 10.1. The zero-order valence-corrected chi connectivity index (χ0v) is 9.44. The second kappa shape index (κ2) is 3.59. The zero-order valence-electron chi connectivity index (χ0n) is 9.44. The maximum Gasteiger partial charge on any atom is 0.197 e. The number of aromatic nitrogens is 3. The van der Waals surface area contributed by atoms with E-state index in [0.717, 1.165) is 27.9 Å². The largest absolute Gasteiger partial charge is 0.369 e. The molecule has 0 saturated carbocycles. The molecule has 0 amide bonds. The second-order valence-corrected chi connectivity index (χ2v) is 4.01. The van der Waals surface area contributed by atoms with E-state index >= 15 is 0 Å². The number of anilines is 1. The van der Waals surface area contributed by atoms with Crippen molar-refractivity contribution in [2.75, 3.05) is 5.73 Å². The van der Waals surface area contributed by atoms with Crippen LogP contribution in [0.25, 0.3) is 22.2 Å². The predicted octanol–water partition coefficient (Wildman–Crippen LogP) is 2.52. The Morgan fingerprint density at radius 2 is 2.06 bits per heavy atom. The molecule has 2 heterocycles. The lowest BCUT2D eigenvalue weighted by molar-refractivity contribution is 1.25. The summed E-state index contributed by atoms with van der Waals surface area (Å²) in [5.41, 5.74) is 9.49. The van der Waals surface area contributed by atoms with Crippen molar-refractivity contribution >= 4 is 16.9 Å². The molecule has 0 bridgehead atoms. The van der Waals surface area contributed by atoms with Gasteiger partial charge in [-0.3, -0.25) is 4.98 Å².